The van der Waals surface area contributed by atoms with Crippen LogP contribution in [0.25, 0.3) is 0 Å². The van der Waals surface area contributed by atoms with Gasteiger partial charge < -0.3 is 15.0 Å². The number of benzene rings is 1. The van der Waals surface area contributed by atoms with E-state index in [4.69, 9.17) is 4.74 Å². The molecule has 0 spiro atoms. The summed E-state index contributed by atoms with van der Waals surface area (Å²) in [7, 11) is 0. The highest BCUT2D eigenvalue weighted by Gasteiger charge is 2.33. The van der Waals surface area contributed by atoms with Crippen molar-refractivity contribution in [3.63, 3.8) is 0 Å². The first-order valence-electron chi connectivity index (χ1n) is 9.98. The molecule has 3 rings (SSSR count). The quantitative estimate of drug-likeness (QED) is 0.876. The number of likely N-dealkylation sites (tertiary alicyclic amines) is 1. The summed E-state index contributed by atoms with van der Waals surface area (Å²) in [5.41, 5.74) is 0.694. The molecule has 2 fully saturated rings. The highest BCUT2D eigenvalue weighted by Crippen LogP contribution is 2.18. The minimum absolute atomic E-state index is 0.0190. The first-order valence-corrected chi connectivity index (χ1v) is 9.98. The van der Waals surface area contributed by atoms with Crippen molar-refractivity contribution in [1.82, 2.24) is 15.1 Å². The summed E-state index contributed by atoms with van der Waals surface area (Å²) in [6, 6.07) is 9.35. The molecule has 148 valence electrons. The Morgan fingerprint density at radius 2 is 1.67 bits per heavy atom. The van der Waals surface area contributed by atoms with Crippen molar-refractivity contribution in [3.05, 3.63) is 35.9 Å². The first-order chi connectivity index (χ1) is 12.9. The number of nitrogens with one attached hydrogen (secondary N) is 1. The van der Waals surface area contributed by atoms with Crippen molar-refractivity contribution >= 4 is 11.8 Å². The second-order valence-electron chi connectivity index (χ2n) is 7.83. The van der Waals surface area contributed by atoms with Crippen LogP contribution in [0.1, 0.15) is 44.0 Å². The number of rotatable bonds is 4. The van der Waals surface area contributed by atoms with Crippen LogP contribution in [0.2, 0.25) is 0 Å². The topological polar surface area (TPSA) is 61.9 Å². The van der Waals surface area contributed by atoms with Gasteiger partial charge in [0.05, 0.1) is 18.2 Å². The summed E-state index contributed by atoms with van der Waals surface area (Å²) >= 11 is 0. The predicted molar refractivity (Wildman–Crippen MR) is 105 cm³/mol. The fourth-order valence-corrected chi connectivity index (χ4v) is 4.07. The largest absolute Gasteiger partial charge is 0.372 e. The SMILES string of the molecule is C[C@@H]1CN(C(=O)[C@H](C)N2CCC(NC(=O)c3ccccc3)CC2)C[C@@H](C)O1. The van der Waals surface area contributed by atoms with Crippen LogP contribution < -0.4 is 5.32 Å². The van der Waals surface area contributed by atoms with Gasteiger partial charge in [-0.05, 0) is 45.7 Å². The number of ether oxygens (including phenoxy) is 1. The number of nitrogens with zero attached hydrogens (tertiary/aromatic N) is 2. The van der Waals surface area contributed by atoms with E-state index in [0.717, 1.165) is 25.9 Å². The van der Waals surface area contributed by atoms with E-state index < -0.39 is 0 Å². The molecule has 0 bridgehead atoms. The van der Waals surface area contributed by atoms with Crippen molar-refractivity contribution in [3.8, 4) is 0 Å². The molecule has 1 aromatic carbocycles. The van der Waals surface area contributed by atoms with E-state index in [1.54, 1.807) is 0 Å². The maximum absolute atomic E-state index is 12.9. The van der Waals surface area contributed by atoms with Gasteiger partial charge in [-0.1, -0.05) is 18.2 Å². The molecule has 6 heteroatoms. The zero-order chi connectivity index (χ0) is 19.4. The number of hydrogen-bond donors (Lipinski definition) is 1. The van der Waals surface area contributed by atoms with Crippen molar-refractivity contribution in [2.24, 2.45) is 0 Å². The van der Waals surface area contributed by atoms with Crippen molar-refractivity contribution in [2.75, 3.05) is 26.2 Å². The molecule has 2 aliphatic heterocycles. The summed E-state index contributed by atoms with van der Waals surface area (Å²) in [6.07, 6.45) is 1.91. The van der Waals surface area contributed by atoms with Crippen LogP contribution in [-0.4, -0.2) is 72.1 Å². The summed E-state index contributed by atoms with van der Waals surface area (Å²) < 4.78 is 5.73. The third-order valence-electron chi connectivity index (χ3n) is 5.54. The van der Waals surface area contributed by atoms with Gasteiger partial charge in [0.2, 0.25) is 5.91 Å². The minimum atomic E-state index is -0.131. The van der Waals surface area contributed by atoms with Gasteiger partial charge in [-0.2, -0.15) is 0 Å². The smallest absolute Gasteiger partial charge is 0.251 e. The van der Waals surface area contributed by atoms with Gasteiger partial charge in [0, 0.05) is 37.8 Å². The van der Waals surface area contributed by atoms with Gasteiger partial charge in [0.15, 0.2) is 0 Å². The van der Waals surface area contributed by atoms with E-state index in [0.29, 0.717) is 18.7 Å². The second-order valence-corrected chi connectivity index (χ2v) is 7.83. The van der Waals surface area contributed by atoms with Crippen LogP contribution in [-0.2, 0) is 9.53 Å². The summed E-state index contributed by atoms with van der Waals surface area (Å²) in [6.45, 7) is 9.00. The molecule has 6 nitrogen and oxygen atoms in total. The van der Waals surface area contributed by atoms with Gasteiger partial charge in [-0.15, -0.1) is 0 Å². The summed E-state index contributed by atoms with van der Waals surface area (Å²) in [4.78, 5) is 29.4. The van der Waals surface area contributed by atoms with E-state index in [1.807, 2.05) is 56.0 Å². The molecule has 1 N–H and O–H groups in total. The lowest BCUT2D eigenvalue weighted by atomic mass is 10.0. The Morgan fingerprint density at radius 3 is 2.26 bits per heavy atom. The molecule has 0 radical (unpaired) electrons. The van der Waals surface area contributed by atoms with Gasteiger partial charge in [0.25, 0.3) is 5.91 Å². The molecule has 0 aromatic heterocycles. The number of carbonyl (C=O) groups excluding carboxylic acids is 2. The Bertz CT molecular complexity index is 633. The maximum Gasteiger partial charge on any atom is 0.251 e. The van der Waals surface area contributed by atoms with E-state index in [1.165, 1.54) is 0 Å². The number of hydrogen-bond acceptors (Lipinski definition) is 4. The monoisotopic (exact) mass is 373 g/mol. The minimum Gasteiger partial charge on any atom is -0.372 e. The lowest BCUT2D eigenvalue weighted by Crippen LogP contribution is -2.56. The van der Waals surface area contributed by atoms with Crippen LogP contribution in [0.4, 0.5) is 0 Å². The molecule has 2 amide bonds. The van der Waals surface area contributed by atoms with Gasteiger partial charge in [-0.25, -0.2) is 0 Å². The molecule has 2 aliphatic rings. The molecule has 3 atom stereocenters. The molecule has 1 aromatic rings. The Hall–Kier alpha value is -1.92. The van der Waals surface area contributed by atoms with E-state index in [2.05, 4.69) is 10.2 Å². The molecule has 27 heavy (non-hydrogen) atoms. The lowest BCUT2D eigenvalue weighted by Gasteiger charge is -2.40. The van der Waals surface area contributed by atoms with Gasteiger partial charge in [0.1, 0.15) is 0 Å². The summed E-state index contributed by atoms with van der Waals surface area (Å²) in [5, 5.41) is 3.12. The average Bonchev–Trinajstić information content (AvgIpc) is 2.67. The van der Waals surface area contributed by atoms with Crippen LogP contribution in [0.3, 0.4) is 0 Å². The van der Waals surface area contributed by atoms with Crippen LogP contribution in [0.5, 0.6) is 0 Å². The van der Waals surface area contributed by atoms with Crippen molar-refractivity contribution in [1.29, 1.82) is 0 Å². The zero-order valence-electron chi connectivity index (χ0n) is 16.6. The highest BCUT2D eigenvalue weighted by molar-refractivity contribution is 5.94. The van der Waals surface area contributed by atoms with Gasteiger partial charge >= 0.3 is 0 Å². The van der Waals surface area contributed by atoms with E-state index >= 15 is 0 Å². The number of carbonyl (C=O) groups is 2. The molecular weight excluding hydrogens is 342 g/mol. The molecular formula is C21H31N3O3. The van der Waals surface area contributed by atoms with Crippen molar-refractivity contribution in [2.45, 2.75) is 57.9 Å². The zero-order valence-corrected chi connectivity index (χ0v) is 16.6. The van der Waals surface area contributed by atoms with Crippen LogP contribution in [0, 0.1) is 0 Å². The molecule has 0 unspecified atom stereocenters. The summed E-state index contributed by atoms with van der Waals surface area (Å²) in [5.74, 6) is 0.165. The number of piperidine rings is 1. The number of amides is 2. The van der Waals surface area contributed by atoms with Crippen molar-refractivity contribution < 1.29 is 14.3 Å². The molecule has 2 heterocycles. The second kappa shape index (κ2) is 8.85. The fraction of sp³-hybridized carbons (Fsp3) is 0.619. The standard InChI is InChI=1S/C21H31N3O3/c1-15-13-24(14-16(2)27-15)21(26)17(3)23-11-9-19(10-12-23)22-20(25)18-7-5-4-6-8-18/h4-8,15-17,19H,9-14H2,1-3H3,(H,22,25)/t15-,16-,17+/m1/s1. The Labute approximate surface area is 161 Å². The average molecular weight is 373 g/mol. The lowest BCUT2D eigenvalue weighted by molar-refractivity contribution is -0.148. The predicted octanol–water partition coefficient (Wildman–Crippen LogP) is 1.91. The fourth-order valence-electron chi connectivity index (χ4n) is 4.07. The first kappa shape index (κ1) is 19.8. The molecule has 0 aliphatic carbocycles. The third kappa shape index (κ3) is 5.08. The highest BCUT2D eigenvalue weighted by atomic mass is 16.5. The normalized spacial score (nSPS) is 25.8. The van der Waals surface area contributed by atoms with E-state index in [-0.39, 0.29) is 36.1 Å². The third-order valence-corrected chi connectivity index (χ3v) is 5.54. The Balaban J connectivity index is 1.48. The Kier molecular flexibility index (Phi) is 6.50. The van der Waals surface area contributed by atoms with Crippen LogP contribution >= 0.6 is 0 Å². The Morgan fingerprint density at radius 1 is 1.07 bits per heavy atom. The van der Waals surface area contributed by atoms with Crippen LogP contribution in [0.15, 0.2) is 30.3 Å². The number of morpholine rings is 1. The molecule has 0 saturated carbocycles. The maximum atomic E-state index is 12.9. The van der Waals surface area contributed by atoms with Gasteiger partial charge in [-0.3, -0.25) is 14.5 Å². The molecule has 2 saturated heterocycles. The van der Waals surface area contributed by atoms with E-state index in [9.17, 15) is 9.59 Å².